The van der Waals surface area contributed by atoms with Crippen LogP contribution in [0.5, 0.6) is 0 Å². The summed E-state index contributed by atoms with van der Waals surface area (Å²) in [6.45, 7) is 0. The van der Waals surface area contributed by atoms with Gasteiger partial charge in [0.05, 0.1) is 10.2 Å². The van der Waals surface area contributed by atoms with Crippen molar-refractivity contribution in [2.24, 2.45) is 0 Å². The molecule has 0 aliphatic rings. The maximum Gasteiger partial charge on any atom is 0.147 e. The molecule has 0 spiro atoms. The second-order valence-electron chi connectivity index (χ2n) is 3.92. The number of hydrogen-bond acceptors (Lipinski definition) is 5. The lowest BCUT2D eigenvalue weighted by Crippen LogP contribution is -1.92. The highest BCUT2D eigenvalue weighted by molar-refractivity contribution is 7.18. The summed E-state index contributed by atoms with van der Waals surface area (Å²) in [5, 5.41) is 5.19. The maximum atomic E-state index is 5.71. The Morgan fingerprint density at radius 2 is 1.94 bits per heavy atom. The van der Waals surface area contributed by atoms with Gasteiger partial charge in [-0.15, -0.1) is 11.3 Å². The molecule has 0 radical (unpaired) electrons. The van der Waals surface area contributed by atoms with Gasteiger partial charge in [-0.1, -0.05) is 12.1 Å². The summed E-state index contributed by atoms with van der Waals surface area (Å²) in [6.07, 6.45) is 1.59. The highest BCUT2D eigenvalue weighted by Crippen LogP contribution is 2.35. The van der Waals surface area contributed by atoms with Gasteiger partial charge in [-0.2, -0.15) is 0 Å². The van der Waals surface area contributed by atoms with Gasteiger partial charge in [0, 0.05) is 23.7 Å². The van der Waals surface area contributed by atoms with Gasteiger partial charge in [-0.25, -0.2) is 9.97 Å². The molecule has 0 fully saturated rings. The van der Waals surface area contributed by atoms with Crippen LogP contribution in [0, 0.1) is 0 Å². The van der Waals surface area contributed by atoms with Crippen molar-refractivity contribution in [3.05, 3.63) is 36.0 Å². The number of aromatic nitrogens is 2. The van der Waals surface area contributed by atoms with Crippen LogP contribution in [-0.4, -0.2) is 17.0 Å². The van der Waals surface area contributed by atoms with Gasteiger partial charge in [0.1, 0.15) is 12.1 Å². The van der Waals surface area contributed by atoms with Gasteiger partial charge >= 0.3 is 0 Å². The number of thiophene rings is 1. The molecule has 0 amide bonds. The first kappa shape index (κ1) is 11.0. The Morgan fingerprint density at radius 1 is 1.17 bits per heavy atom. The average molecular weight is 256 g/mol. The zero-order chi connectivity index (χ0) is 12.5. The Balaban J connectivity index is 2.21. The summed E-state index contributed by atoms with van der Waals surface area (Å²) < 4.78 is 1.08. The van der Waals surface area contributed by atoms with Crippen molar-refractivity contribution < 1.29 is 0 Å². The van der Waals surface area contributed by atoms with Crippen molar-refractivity contribution in [1.29, 1.82) is 0 Å². The molecule has 3 N–H and O–H groups in total. The zero-order valence-electron chi connectivity index (χ0n) is 9.84. The van der Waals surface area contributed by atoms with Crippen LogP contribution >= 0.6 is 11.3 Å². The van der Waals surface area contributed by atoms with E-state index in [2.05, 4.69) is 20.7 Å². The van der Waals surface area contributed by atoms with E-state index in [-0.39, 0.29) is 0 Å². The Kier molecular flexibility index (Phi) is 2.60. The van der Waals surface area contributed by atoms with Crippen LogP contribution < -0.4 is 11.1 Å². The molecule has 1 aromatic carbocycles. The van der Waals surface area contributed by atoms with Gasteiger partial charge in [0.2, 0.25) is 0 Å². The van der Waals surface area contributed by atoms with Gasteiger partial charge in [-0.3, -0.25) is 0 Å². The number of nitrogens with two attached hydrogens (primary N) is 1. The predicted molar refractivity (Wildman–Crippen MR) is 76.8 cm³/mol. The van der Waals surface area contributed by atoms with E-state index in [1.165, 1.54) is 0 Å². The molecule has 2 heterocycles. The van der Waals surface area contributed by atoms with Crippen molar-refractivity contribution in [2.75, 3.05) is 18.1 Å². The molecule has 4 nitrogen and oxygen atoms in total. The van der Waals surface area contributed by atoms with Crippen molar-refractivity contribution in [2.45, 2.75) is 0 Å². The maximum absolute atomic E-state index is 5.71. The predicted octanol–water partition coefficient (Wildman–Crippen LogP) is 2.98. The molecular formula is C13H12N4S. The topological polar surface area (TPSA) is 63.8 Å². The van der Waals surface area contributed by atoms with Crippen molar-refractivity contribution in [1.82, 2.24) is 9.97 Å². The van der Waals surface area contributed by atoms with E-state index in [4.69, 9.17) is 5.73 Å². The molecular weight excluding hydrogens is 244 g/mol. The number of anilines is 2. The molecule has 2 aromatic heterocycles. The first-order valence-electron chi connectivity index (χ1n) is 5.55. The second kappa shape index (κ2) is 4.27. The Bertz CT molecular complexity index is 688. The number of fused-ring (bicyclic) bond motifs is 1. The Hall–Kier alpha value is -2.14. The summed E-state index contributed by atoms with van der Waals surface area (Å²) in [5.74, 6) is 0.867. The van der Waals surface area contributed by atoms with Gasteiger partial charge in [0.25, 0.3) is 0 Å². The smallest absolute Gasteiger partial charge is 0.147 e. The van der Waals surface area contributed by atoms with Crippen LogP contribution in [0.4, 0.5) is 11.5 Å². The third-order valence-corrected chi connectivity index (χ3v) is 3.79. The molecule has 0 saturated heterocycles. The number of benzene rings is 1. The molecule has 18 heavy (non-hydrogen) atoms. The zero-order valence-corrected chi connectivity index (χ0v) is 10.7. The van der Waals surface area contributed by atoms with Crippen molar-refractivity contribution in [3.8, 4) is 11.1 Å². The third kappa shape index (κ3) is 1.69. The lowest BCUT2D eigenvalue weighted by Gasteiger charge is -2.02. The molecule has 0 atom stereocenters. The minimum Gasteiger partial charge on any atom is -0.399 e. The SMILES string of the molecule is CNc1ncnc2c(-c3ccc(N)cc3)csc12. The molecule has 0 saturated carbocycles. The fraction of sp³-hybridized carbons (Fsp3) is 0.0769. The summed E-state index contributed by atoms with van der Waals surface area (Å²) in [4.78, 5) is 8.59. The molecule has 3 aromatic rings. The van der Waals surface area contributed by atoms with Crippen molar-refractivity contribution in [3.63, 3.8) is 0 Å². The van der Waals surface area contributed by atoms with Crippen LogP contribution in [-0.2, 0) is 0 Å². The standard InChI is InChI=1S/C13H12N4S/c1-15-13-12-11(16-7-17-13)10(6-18-12)8-2-4-9(14)5-3-8/h2-7H,14H2,1H3,(H,15,16,17). The van der Waals surface area contributed by atoms with Gasteiger partial charge in [-0.05, 0) is 17.7 Å². The van der Waals surface area contributed by atoms with E-state index in [1.807, 2.05) is 31.3 Å². The van der Waals surface area contributed by atoms with Crippen LogP contribution in [0.15, 0.2) is 36.0 Å². The second-order valence-corrected chi connectivity index (χ2v) is 4.80. The fourth-order valence-electron chi connectivity index (χ4n) is 1.90. The van der Waals surface area contributed by atoms with E-state index < -0.39 is 0 Å². The van der Waals surface area contributed by atoms with Gasteiger partial charge in [0.15, 0.2) is 0 Å². The number of nitrogen functional groups attached to an aromatic ring is 1. The summed E-state index contributed by atoms with van der Waals surface area (Å²) in [6, 6.07) is 7.83. The molecule has 90 valence electrons. The molecule has 0 unspecified atom stereocenters. The highest BCUT2D eigenvalue weighted by atomic mass is 32.1. The first-order chi connectivity index (χ1) is 8.79. The van der Waals surface area contributed by atoms with Crippen molar-refractivity contribution >= 4 is 33.1 Å². The molecule has 0 bridgehead atoms. The van der Waals surface area contributed by atoms with E-state index >= 15 is 0 Å². The Labute approximate surface area is 109 Å². The molecule has 0 aliphatic heterocycles. The van der Waals surface area contributed by atoms with E-state index in [9.17, 15) is 0 Å². The molecule has 0 aliphatic carbocycles. The van der Waals surface area contributed by atoms with Crippen LogP contribution in [0.3, 0.4) is 0 Å². The normalized spacial score (nSPS) is 10.7. The minimum absolute atomic E-state index is 0.767. The molecule has 5 heteroatoms. The summed E-state index contributed by atoms with van der Waals surface area (Å²) in [7, 11) is 1.87. The lowest BCUT2D eigenvalue weighted by atomic mass is 10.1. The van der Waals surface area contributed by atoms with Crippen LogP contribution in [0.2, 0.25) is 0 Å². The largest absolute Gasteiger partial charge is 0.399 e. The van der Waals surface area contributed by atoms with Gasteiger partial charge < -0.3 is 11.1 Å². The number of hydrogen-bond donors (Lipinski definition) is 2. The first-order valence-corrected chi connectivity index (χ1v) is 6.43. The third-order valence-electron chi connectivity index (χ3n) is 2.81. The minimum atomic E-state index is 0.767. The van der Waals surface area contributed by atoms with E-state index in [1.54, 1.807) is 17.7 Å². The monoisotopic (exact) mass is 256 g/mol. The van der Waals surface area contributed by atoms with E-state index in [0.717, 1.165) is 32.8 Å². The van der Waals surface area contributed by atoms with Crippen LogP contribution in [0.1, 0.15) is 0 Å². The number of nitrogens with one attached hydrogen (secondary N) is 1. The molecule has 3 rings (SSSR count). The Morgan fingerprint density at radius 3 is 2.67 bits per heavy atom. The van der Waals surface area contributed by atoms with E-state index in [0.29, 0.717) is 0 Å². The number of nitrogens with zero attached hydrogens (tertiary/aromatic N) is 2. The number of rotatable bonds is 2. The highest BCUT2D eigenvalue weighted by Gasteiger charge is 2.10. The lowest BCUT2D eigenvalue weighted by molar-refractivity contribution is 1.22. The van der Waals surface area contributed by atoms with Crippen LogP contribution in [0.25, 0.3) is 21.3 Å². The summed E-state index contributed by atoms with van der Waals surface area (Å²) >= 11 is 1.65. The quantitative estimate of drug-likeness (QED) is 0.692. The average Bonchev–Trinajstić information content (AvgIpc) is 2.83. The fourth-order valence-corrected chi connectivity index (χ4v) is 2.92. The summed E-state index contributed by atoms with van der Waals surface area (Å²) in [5.41, 5.74) is 9.69.